The Morgan fingerprint density at radius 3 is 2.74 bits per heavy atom. The summed E-state index contributed by atoms with van der Waals surface area (Å²) >= 11 is 0. The Balaban J connectivity index is 1.36. The predicted molar refractivity (Wildman–Crippen MR) is 112 cm³/mol. The van der Waals surface area contributed by atoms with E-state index in [4.69, 9.17) is 9.15 Å². The summed E-state index contributed by atoms with van der Waals surface area (Å²) in [4.78, 5) is 36.8. The lowest BCUT2D eigenvalue weighted by atomic mass is 9.87. The number of fused-ring (bicyclic) bond motifs is 1. The van der Waals surface area contributed by atoms with E-state index in [-0.39, 0.29) is 17.8 Å². The van der Waals surface area contributed by atoms with Gasteiger partial charge < -0.3 is 14.5 Å². The second-order valence-electron chi connectivity index (χ2n) is 7.48. The lowest BCUT2D eigenvalue weighted by molar-refractivity contribution is -0.156. The molecule has 4 rings (SSSR count). The van der Waals surface area contributed by atoms with Crippen LogP contribution in [0.3, 0.4) is 0 Å². The molecule has 0 aliphatic heterocycles. The maximum absolute atomic E-state index is 12.6. The van der Waals surface area contributed by atoms with Crippen molar-refractivity contribution in [3.63, 3.8) is 0 Å². The molecule has 0 spiro atoms. The van der Waals surface area contributed by atoms with Gasteiger partial charge in [-0.2, -0.15) is 4.68 Å². The normalized spacial score (nSPS) is 16.2. The number of aromatic nitrogens is 2. The van der Waals surface area contributed by atoms with E-state index in [9.17, 15) is 14.4 Å². The fourth-order valence-corrected chi connectivity index (χ4v) is 3.71. The van der Waals surface area contributed by atoms with Crippen molar-refractivity contribution < 1.29 is 18.7 Å². The summed E-state index contributed by atoms with van der Waals surface area (Å²) in [6.45, 7) is 1.06. The molecule has 160 valence electrons. The minimum atomic E-state index is -1.00. The van der Waals surface area contributed by atoms with Crippen molar-refractivity contribution >= 4 is 11.9 Å². The molecule has 2 atom stereocenters. The topological polar surface area (TPSA) is 103 Å². The summed E-state index contributed by atoms with van der Waals surface area (Å²) in [7, 11) is 0. The molecule has 0 fully saturated rings. The molecule has 1 aliphatic rings. The van der Waals surface area contributed by atoms with E-state index in [0.717, 1.165) is 29.5 Å². The molecule has 0 saturated heterocycles. The average Bonchev–Trinajstić information content (AvgIpc) is 3.14. The van der Waals surface area contributed by atoms with Gasteiger partial charge in [0.15, 0.2) is 6.10 Å². The molecular formula is C23H23N3O5. The van der Waals surface area contributed by atoms with Crippen LogP contribution in [0.2, 0.25) is 0 Å². The van der Waals surface area contributed by atoms with Crippen LogP contribution in [-0.2, 0) is 27.3 Å². The molecular weight excluding hydrogens is 398 g/mol. The molecule has 0 bridgehead atoms. The van der Waals surface area contributed by atoms with Crippen LogP contribution in [0.4, 0.5) is 0 Å². The smallest absolute Gasteiger partial charge is 0.437 e. The monoisotopic (exact) mass is 421 g/mol. The number of amides is 1. The first-order valence-electron chi connectivity index (χ1n) is 10.2. The van der Waals surface area contributed by atoms with E-state index < -0.39 is 24.4 Å². The number of rotatable bonds is 6. The summed E-state index contributed by atoms with van der Waals surface area (Å²) in [6, 6.07) is 16.8. The highest BCUT2D eigenvalue weighted by Crippen LogP contribution is 2.29. The van der Waals surface area contributed by atoms with Crippen LogP contribution in [0.25, 0.3) is 11.5 Å². The average molecular weight is 421 g/mol. The van der Waals surface area contributed by atoms with Crippen molar-refractivity contribution in [2.75, 3.05) is 0 Å². The third-order valence-corrected chi connectivity index (χ3v) is 5.27. The Morgan fingerprint density at radius 1 is 1.19 bits per heavy atom. The second-order valence-corrected chi connectivity index (χ2v) is 7.48. The van der Waals surface area contributed by atoms with Crippen molar-refractivity contribution in [1.82, 2.24) is 15.1 Å². The Morgan fingerprint density at radius 2 is 1.94 bits per heavy atom. The standard InChI is InChI=1S/C23H23N3O5/c1-15(21(28)24-19-13-7-11-16-8-5-6-12-18(16)19)30-20(27)14-26-23(29)31-22(25-26)17-9-3-2-4-10-17/h2-6,8-10,12,15,19H,7,11,13-14H2,1H3,(H,24,28)/t15-,19-/m0/s1. The lowest BCUT2D eigenvalue weighted by Gasteiger charge is -2.27. The number of hydrogen-bond acceptors (Lipinski definition) is 6. The van der Waals surface area contributed by atoms with Gasteiger partial charge in [-0.25, -0.2) is 4.79 Å². The molecule has 1 aliphatic carbocycles. The molecule has 1 N–H and O–H groups in total. The van der Waals surface area contributed by atoms with Gasteiger partial charge in [-0.15, -0.1) is 5.10 Å². The van der Waals surface area contributed by atoms with Gasteiger partial charge >= 0.3 is 11.7 Å². The minimum Gasteiger partial charge on any atom is -0.451 e. The molecule has 8 heteroatoms. The summed E-state index contributed by atoms with van der Waals surface area (Å²) < 4.78 is 11.2. The van der Waals surface area contributed by atoms with Crippen LogP contribution in [0.1, 0.15) is 36.9 Å². The van der Waals surface area contributed by atoms with E-state index in [2.05, 4.69) is 16.5 Å². The van der Waals surface area contributed by atoms with Gasteiger partial charge in [0.2, 0.25) is 5.89 Å². The van der Waals surface area contributed by atoms with Crippen LogP contribution in [0.15, 0.2) is 63.8 Å². The summed E-state index contributed by atoms with van der Waals surface area (Å²) in [5, 5.41) is 6.99. The molecule has 0 unspecified atom stereocenters. The zero-order valence-corrected chi connectivity index (χ0v) is 17.1. The molecule has 8 nitrogen and oxygen atoms in total. The van der Waals surface area contributed by atoms with Crippen LogP contribution < -0.4 is 11.1 Å². The lowest BCUT2D eigenvalue weighted by Crippen LogP contribution is -2.40. The van der Waals surface area contributed by atoms with Crippen molar-refractivity contribution in [1.29, 1.82) is 0 Å². The van der Waals surface area contributed by atoms with E-state index >= 15 is 0 Å². The van der Waals surface area contributed by atoms with Gasteiger partial charge in [-0.1, -0.05) is 42.5 Å². The van der Waals surface area contributed by atoms with Crippen molar-refractivity contribution in [2.45, 2.75) is 44.9 Å². The SMILES string of the molecule is C[C@H](OC(=O)Cn1nc(-c2ccccc2)oc1=O)C(=O)N[C@H]1CCCc2ccccc21. The number of nitrogens with one attached hydrogen (secondary N) is 1. The van der Waals surface area contributed by atoms with Gasteiger partial charge in [0.05, 0.1) is 6.04 Å². The summed E-state index contributed by atoms with van der Waals surface area (Å²) in [6.07, 6.45) is 1.80. The first kappa shape index (κ1) is 20.6. The van der Waals surface area contributed by atoms with E-state index in [1.807, 2.05) is 24.3 Å². The number of esters is 1. The van der Waals surface area contributed by atoms with Crippen molar-refractivity contribution in [3.05, 3.63) is 76.3 Å². The molecule has 0 radical (unpaired) electrons. The largest absolute Gasteiger partial charge is 0.451 e. The minimum absolute atomic E-state index is 0.106. The molecule has 0 saturated carbocycles. The Labute approximate surface area is 178 Å². The molecule has 1 amide bonds. The van der Waals surface area contributed by atoms with E-state index in [1.54, 1.807) is 24.3 Å². The van der Waals surface area contributed by atoms with Gasteiger partial charge in [0.1, 0.15) is 6.54 Å². The molecule has 1 heterocycles. The number of carbonyl (C=O) groups is 2. The first-order valence-corrected chi connectivity index (χ1v) is 10.2. The van der Waals surface area contributed by atoms with Crippen molar-refractivity contribution in [3.8, 4) is 11.5 Å². The number of hydrogen-bond donors (Lipinski definition) is 1. The predicted octanol–water partition coefficient (Wildman–Crippen LogP) is 2.63. The zero-order valence-electron chi connectivity index (χ0n) is 17.1. The van der Waals surface area contributed by atoms with Crippen LogP contribution >= 0.6 is 0 Å². The number of benzene rings is 2. The van der Waals surface area contributed by atoms with Crippen molar-refractivity contribution in [2.24, 2.45) is 0 Å². The Bertz CT molecular complexity index is 1140. The highest BCUT2D eigenvalue weighted by Gasteiger charge is 2.25. The molecule has 2 aromatic carbocycles. The highest BCUT2D eigenvalue weighted by atomic mass is 16.5. The third kappa shape index (κ3) is 4.74. The van der Waals surface area contributed by atoms with Gasteiger partial charge in [0, 0.05) is 5.56 Å². The number of nitrogens with zero attached hydrogens (tertiary/aromatic N) is 2. The molecule has 31 heavy (non-hydrogen) atoms. The van der Waals surface area contributed by atoms with Gasteiger partial charge in [0.25, 0.3) is 5.91 Å². The highest BCUT2D eigenvalue weighted by molar-refractivity contribution is 5.83. The summed E-state index contributed by atoms with van der Waals surface area (Å²) in [5.41, 5.74) is 2.94. The van der Waals surface area contributed by atoms with Gasteiger partial charge in [-0.3, -0.25) is 9.59 Å². The fourth-order valence-electron chi connectivity index (χ4n) is 3.71. The quantitative estimate of drug-likeness (QED) is 0.614. The molecule has 3 aromatic rings. The Hall–Kier alpha value is -3.68. The zero-order chi connectivity index (χ0) is 21.8. The van der Waals surface area contributed by atoms with Crippen LogP contribution in [-0.4, -0.2) is 27.8 Å². The Kier molecular flexibility index (Phi) is 5.97. The summed E-state index contributed by atoms with van der Waals surface area (Å²) in [5.74, 6) is -1.79. The van der Waals surface area contributed by atoms with E-state index in [0.29, 0.717) is 5.56 Å². The molecule has 1 aromatic heterocycles. The fraction of sp³-hybridized carbons (Fsp3) is 0.304. The maximum atomic E-state index is 12.6. The van der Waals surface area contributed by atoms with Crippen LogP contribution in [0, 0.1) is 0 Å². The third-order valence-electron chi connectivity index (χ3n) is 5.27. The number of aryl methyl sites for hydroxylation is 1. The first-order chi connectivity index (χ1) is 15.0. The van der Waals surface area contributed by atoms with Crippen LogP contribution in [0.5, 0.6) is 0 Å². The van der Waals surface area contributed by atoms with E-state index in [1.165, 1.54) is 12.5 Å². The number of ether oxygens (including phenoxy) is 1. The van der Waals surface area contributed by atoms with Gasteiger partial charge in [-0.05, 0) is 49.4 Å². The maximum Gasteiger partial charge on any atom is 0.437 e. The second kappa shape index (κ2) is 8.99. The number of carbonyl (C=O) groups excluding carboxylic acids is 2.